The maximum atomic E-state index is 12.7. The number of aromatic amines is 1. The lowest BCUT2D eigenvalue weighted by Gasteiger charge is -2.25. The third kappa shape index (κ3) is 6.02. The minimum Gasteiger partial charge on any atom is -0.350 e. The second-order valence-corrected chi connectivity index (χ2v) is 8.22. The summed E-state index contributed by atoms with van der Waals surface area (Å²) in [5.74, 6) is 0.447. The molecule has 8 heteroatoms. The van der Waals surface area contributed by atoms with Gasteiger partial charge in [-0.3, -0.25) is 19.3 Å². The van der Waals surface area contributed by atoms with Gasteiger partial charge in [0.2, 0.25) is 11.8 Å². The Balaban J connectivity index is 2.07. The van der Waals surface area contributed by atoms with E-state index in [9.17, 15) is 9.59 Å². The van der Waals surface area contributed by atoms with Crippen molar-refractivity contribution in [3.05, 3.63) is 34.6 Å². The lowest BCUT2D eigenvalue weighted by atomic mass is 10.1. The molecule has 0 atom stereocenters. The summed E-state index contributed by atoms with van der Waals surface area (Å²) in [5, 5.41) is 10.0. The van der Waals surface area contributed by atoms with E-state index >= 15 is 0 Å². The molecule has 1 aromatic carbocycles. The van der Waals surface area contributed by atoms with Crippen molar-refractivity contribution in [1.29, 1.82) is 0 Å². The van der Waals surface area contributed by atoms with Crippen molar-refractivity contribution in [3.63, 3.8) is 0 Å². The first kappa shape index (κ1) is 21.8. The Morgan fingerprint density at radius 3 is 2.64 bits per heavy atom. The van der Waals surface area contributed by atoms with E-state index < -0.39 is 0 Å². The zero-order chi connectivity index (χ0) is 20.9. The van der Waals surface area contributed by atoms with Crippen LogP contribution >= 0.6 is 12.2 Å². The first-order chi connectivity index (χ1) is 13.1. The molecule has 0 spiro atoms. The van der Waals surface area contributed by atoms with Crippen LogP contribution in [-0.4, -0.2) is 50.1 Å². The minimum absolute atomic E-state index is 0.0497. The van der Waals surface area contributed by atoms with Crippen LogP contribution in [0.1, 0.15) is 39.7 Å². The first-order valence-electron chi connectivity index (χ1n) is 9.41. The van der Waals surface area contributed by atoms with E-state index in [2.05, 4.69) is 15.5 Å². The highest BCUT2D eigenvalue weighted by molar-refractivity contribution is 7.71. The van der Waals surface area contributed by atoms with Gasteiger partial charge in [0.15, 0.2) is 10.6 Å². The van der Waals surface area contributed by atoms with Gasteiger partial charge in [0, 0.05) is 30.6 Å². The van der Waals surface area contributed by atoms with Crippen LogP contribution in [0.2, 0.25) is 0 Å². The minimum atomic E-state index is -0.327. The molecule has 0 saturated heterocycles. The highest BCUT2D eigenvalue weighted by Gasteiger charge is 2.20. The summed E-state index contributed by atoms with van der Waals surface area (Å²) in [6.07, 6.45) is 0.239. The molecule has 0 aliphatic carbocycles. The standard InChI is InChI=1S/C20H29N5O2S/c1-6-24(13-16(26)21-20(3,4)5)17(27)10-11-25-18(22-23-19(25)28)15-9-7-8-14(2)12-15/h7-9,12H,6,10-11,13H2,1-5H3,(H,21,26)(H,23,28). The predicted octanol–water partition coefficient (Wildman–Crippen LogP) is 3.07. The number of nitrogens with zero attached hydrogens (tertiary/aromatic N) is 3. The molecular weight excluding hydrogens is 374 g/mol. The van der Waals surface area contributed by atoms with Crippen LogP contribution in [0.25, 0.3) is 11.4 Å². The van der Waals surface area contributed by atoms with Gasteiger partial charge in [-0.15, -0.1) is 0 Å². The quantitative estimate of drug-likeness (QED) is 0.696. The molecule has 2 N–H and O–H groups in total. The number of likely N-dealkylation sites (N-methyl/N-ethyl adjacent to an activating group) is 1. The number of aromatic nitrogens is 3. The Kier molecular flexibility index (Phi) is 7.12. The Hall–Kier alpha value is -2.48. The van der Waals surface area contributed by atoms with Crippen LogP contribution in [0.3, 0.4) is 0 Å². The largest absolute Gasteiger partial charge is 0.350 e. The fourth-order valence-electron chi connectivity index (χ4n) is 2.90. The molecule has 0 aliphatic heterocycles. The fourth-order valence-corrected chi connectivity index (χ4v) is 3.13. The molecule has 2 amide bonds. The van der Waals surface area contributed by atoms with E-state index in [1.54, 1.807) is 4.90 Å². The van der Waals surface area contributed by atoms with Crippen molar-refractivity contribution < 1.29 is 9.59 Å². The Labute approximate surface area is 171 Å². The second kappa shape index (κ2) is 9.14. The zero-order valence-electron chi connectivity index (χ0n) is 17.2. The van der Waals surface area contributed by atoms with Crippen molar-refractivity contribution >= 4 is 24.0 Å². The lowest BCUT2D eigenvalue weighted by molar-refractivity contribution is -0.136. The van der Waals surface area contributed by atoms with Crippen LogP contribution in [0.5, 0.6) is 0 Å². The summed E-state index contributed by atoms with van der Waals surface area (Å²) < 4.78 is 2.29. The van der Waals surface area contributed by atoms with E-state index in [4.69, 9.17) is 12.2 Å². The Morgan fingerprint density at radius 2 is 2.04 bits per heavy atom. The molecule has 152 valence electrons. The number of rotatable bonds is 7. The van der Waals surface area contributed by atoms with Crippen LogP contribution in [0.4, 0.5) is 0 Å². The van der Waals surface area contributed by atoms with Gasteiger partial charge in [-0.25, -0.2) is 0 Å². The van der Waals surface area contributed by atoms with Gasteiger partial charge in [0.1, 0.15) is 0 Å². The number of hydrogen-bond acceptors (Lipinski definition) is 4. The van der Waals surface area contributed by atoms with Crippen molar-refractivity contribution in [2.75, 3.05) is 13.1 Å². The van der Waals surface area contributed by atoms with E-state index in [0.29, 0.717) is 23.7 Å². The third-order valence-corrected chi connectivity index (χ3v) is 4.48. The predicted molar refractivity (Wildman–Crippen MR) is 112 cm³/mol. The van der Waals surface area contributed by atoms with Crippen molar-refractivity contribution in [3.8, 4) is 11.4 Å². The van der Waals surface area contributed by atoms with Gasteiger partial charge in [-0.1, -0.05) is 23.8 Å². The topological polar surface area (TPSA) is 83.0 Å². The third-order valence-electron chi connectivity index (χ3n) is 4.17. The number of H-pyrrole nitrogens is 1. The van der Waals surface area contributed by atoms with Gasteiger partial charge in [-0.2, -0.15) is 5.10 Å². The van der Waals surface area contributed by atoms with Crippen molar-refractivity contribution in [1.82, 2.24) is 25.0 Å². The van der Waals surface area contributed by atoms with Crippen molar-refractivity contribution in [2.24, 2.45) is 0 Å². The Morgan fingerprint density at radius 1 is 1.32 bits per heavy atom. The van der Waals surface area contributed by atoms with Crippen LogP contribution in [-0.2, 0) is 16.1 Å². The number of nitrogens with one attached hydrogen (secondary N) is 2. The summed E-state index contributed by atoms with van der Waals surface area (Å²) in [6, 6.07) is 7.97. The molecule has 0 unspecified atom stereocenters. The van der Waals surface area contributed by atoms with E-state index in [-0.39, 0.29) is 30.3 Å². The van der Waals surface area contributed by atoms with Crippen molar-refractivity contribution in [2.45, 2.75) is 53.1 Å². The van der Waals surface area contributed by atoms with Crippen LogP contribution < -0.4 is 5.32 Å². The van der Waals surface area contributed by atoms with Gasteiger partial charge < -0.3 is 10.2 Å². The molecule has 7 nitrogen and oxygen atoms in total. The molecular formula is C20H29N5O2S. The normalized spacial score (nSPS) is 11.3. The van der Waals surface area contributed by atoms with E-state index in [0.717, 1.165) is 11.1 Å². The van der Waals surface area contributed by atoms with Crippen LogP contribution in [0, 0.1) is 11.7 Å². The molecule has 2 rings (SSSR count). The average Bonchev–Trinajstić information content (AvgIpc) is 2.96. The van der Waals surface area contributed by atoms with Gasteiger partial charge in [-0.05, 0) is 52.9 Å². The second-order valence-electron chi connectivity index (χ2n) is 7.83. The van der Waals surface area contributed by atoms with Gasteiger partial charge >= 0.3 is 0 Å². The molecule has 0 bridgehead atoms. The highest BCUT2D eigenvalue weighted by Crippen LogP contribution is 2.19. The number of carbonyl (C=O) groups excluding carboxylic acids is 2. The zero-order valence-corrected chi connectivity index (χ0v) is 18.0. The molecule has 0 radical (unpaired) electrons. The summed E-state index contributed by atoms with van der Waals surface area (Å²) in [6.45, 7) is 10.5. The maximum absolute atomic E-state index is 12.7. The molecule has 1 heterocycles. The van der Waals surface area contributed by atoms with E-state index in [1.807, 2.05) is 63.5 Å². The molecule has 0 saturated carbocycles. The summed E-state index contributed by atoms with van der Waals surface area (Å²) in [5.41, 5.74) is 1.74. The number of aryl methyl sites for hydroxylation is 1. The summed E-state index contributed by atoms with van der Waals surface area (Å²) in [7, 11) is 0. The highest BCUT2D eigenvalue weighted by atomic mass is 32.1. The summed E-state index contributed by atoms with van der Waals surface area (Å²) >= 11 is 5.34. The summed E-state index contributed by atoms with van der Waals surface area (Å²) in [4.78, 5) is 26.4. The Bertz CT molecular complexity index is 894. The number of hydrogen-bond donors (Lipinski definition) is 2. The SMILES string of the molecule is CCN(CC(=O)NC(C)(C)C)C(=O)CCn1c(-c2cccc(C)c2)n[nH]c1=S. The monoisotopic (exact) mass is 403 g/mol. The van der Waals surface area contributed by atoms with Gasteiger partial charge in [0.05, 0.1) is 6.54 Å². The maximum Gasteiger partial charge on any atom is 0.240 e. The van der Waals surface area contributed by atoms with E-state index in [1.165, 1.54) is 0 Å². The molecule has 0 aliphatic rings. The first-order valence-corrected chi connectivity index (χ1v) is 9.82. The molecule has 28 heavy (non-hydrogen) atoms. The lowest BCUT2D eigenvalue weighted by Crippen LogP contribution is -2.47. The van der Waals surface area contributed by atoms with Gasteiger partial charge in [0.25, 0.3) is 0 Å². The van der Waals surface area contributed by atoms with Crippen LogP contribution in [0.15, 0.2) is 24.3 Å². The molecule has 1 aromatic heterocycles. The fraction of sp³-hybridized carbons (Fsp3) is 0.500. The molecule has 0 fully saturated rings. The average molecular weight is 404 g/mol. The number of carbonyl (C=O) groups is 2. The smallest absolute Gasteiger partial charge is 0.240 e. The number of amides is 2. The number of benzene rings is 1. The molecule has 2 aromatic rings.